The first-order valence-electron chi connectivity index (χ1n) is 3.17. The van der Waals surface area contributed by atoms with E-state index in [1.165, 1.54) is 0 Å². The molecule has 0 aromatic rings. The number of terminal acetylenes is 1. The minimum atomic E-state index is 0.0303. The zero-order chi connectivity index (χ0) is 7.56. The maximum atomic E-state index is 10.9. The number of hydrogen-bond acceptors (Lipinski definition) is 2. The summed E-state index contributed by atoms with van der Waals surface area (Å²) in [4.78, 5) is 12.5. The summed E-state index contributed by atoms with van der Waals surface area (Å²) in [7, 11) is 1.76. The highest BCUT2D eigenvalue weighted by Crippen LogP contribution is 1.94. The Labute approximate surface area is 60.4 Å². The van der Waals surface area contributed by atoms with Gasteiger partial charge in [0.1, 0.15) is 0 Å². The average molecular weight is 138 g/mol. The van der Waals surface area contributed by atoms with E-state index in [0.717, 1.165) is 0 Å². The molecule has 54 valence electrons. The lowest BCUT2D eigenvalue weighted by molar-refractivity contribution is -0.130. The van der Waals surface area contributed by atoms with Crippen LogP contribution in [0.4, 0.5) is 0 Å². The number of likely N-dealkylation sites (N-methyl/N-ethyl adjacent to an activating group) is 1. The highest BCUT2D eigenvalue weighted by atomic mass is 16.2. The van der Waals surface area contributed by atoms with Gasteiger partial charge in [-0.05, 0) is 0 Å². The van der Waals surface area contributed by atoms with Gasteiger partial charge in [-0.1, -0.05) is 5.92 Å². The SMILES string of the molecule is C#C[C@@H]1CN(C)C(=O)CN1. The van der Waals surface area contributed by atoms with Crippen LogP contribution < -0.4 is 5.32 Å². The largest absolute Gasteiger partial charge is 0.342 e. The van der Waals surface area contributed by atoms with E-state index in [9.17, 15) is 4.79 Å². The smallest absolute Gasteiger partial charge is 0.236 e. The molecule has 1 aliphatic rings. The molecule has 0 aliphatic carbocycles. The summed E-state index contributed by atoms with van der Waals surface area (Å²) >= 11 is 0. The molecule has 1 atom stereocenters. The molecule has 1 N–H and O–H groups in total. The molecule has 1 aliphatic heterocycles. The number of nitrogens with zero attached hydrogens (tertiary/aromatic N) is 1. The van der Waals surface area contributed by atoms with E-state index in [1.807, 2.05) is 0 Å². The van der Waals surface area contributed by atoms with Gasteiger partial charge in [-0.15, -0.1) is 6.42 Å². The zero-order valence-electron chi connectivity index (χ0n) is 5.92. The molecule has 3 heteroatoms. The Morgan fingerprint density at radius 2 is 2.60 bits per heavy atom. The average Bonchev–Trinajstić information content (AvgIpc) is 1.95. The zero-order valence-corrected chi connectivity index (χ0v) is 5.92. The van der Waals surface area contributed by atoms with Crippen molar-refractivity contribution in [2.75, 3.05) is 20.1 Å². The normalized spacial score (nSPS) is 26.2. The Bertz CT molecular complexity index is 183. The fourth-order valence-corrected chi connectivity index (χ4v) is 0.897. The number of amides is 1. The van der Waals surface area contributed by atoms with Crippen molar-refractivity contribution in [3.63, 3.8) is 0 Å². The fourth-order valence-electron chi connectivity index (χ4n) is 0.897. The second kappa shape index (κ2) is 2.72. The van der Waals surface area contributed by atoms with E-state index in [2.05, 4.69) is 11.2 Å². The second-order valence-corrected chi connectivity index (χ2v) is 2.37. The van der Waals surface area contributed by atoms with Crippen molar-refractivity contribution < 1.29 is 4.79 Å². The van der Waals surface area contributed by atoms with E-state index >= 15 is 0 Å². The van der Waals surface area contributed by atoms with Crippen LogP contribution in [0.5, 0.6) is 0 Å². The van der Waals surface area contributed by atoms with Crippen molar-refractivity contribution in [1.82, 2.24) is 10.2 Å². The summed E-state index contributed by atoms with van der Waals surface area (Å²) < 4.78 is 0. The molecule has 1 rings (SSSR count). The van der Waals surface area contributed by atoms with Crippen LogP contribution in [0, 0.1) is 12.3 Å². The van der Waals surface area contributed by atoms with E-state index < -0.39 is 0 Å². The fraction of sp³-hybridized carbons (Fsp3) is 0.571. The van der Waals surface area contributed by atoms with Gasteiger partial charge in [-0.2, -0.15) is 0 Å². The molecule has 10 heavy (non-hydrogen) atoms. The highest BCUT2D eigenvalue weighted by Gasteiger charge is 2.19. The lowest BCUT2D eigenvalue weighted by Crippen LogP contribution is -2.51. The summed E-state index contributed by atoms with van der Waals surface area (Å²) in [5.74, 6) is 2.65. The van der Waals surface area contributed by atoms with Gasteiger partial charge in [0.25, 0.3) is 0 Å². The van der Waals surface area contributed by atoms with Gasteiger partial charge in [0.2, 0.25) is 5.91 Å². The van der Waals surface area contributed by atoms with Gasteiger partial charge in [0, 0.05) is 13.6 Å². The first-order valence-corrected chi connectivity index (χ1v) is 3.17. The number of rotatable bonds is 0. The lowest BCUT2D eigenvalue weighted by Gasteiger charge is -2.27. The van der Waals surface area contributed by atoms with Crippen molar-refractivity contribution in [3.05, 3.63) is 0 Å². The van der Waals surface area contributed by atoms with E-state index in [-0.39, 0.29) is 11.9 Å². The third-order valence-corrected chi connectivity index (χ3v) is 1.58. The first kappa shape index (κ1) is 7.10. The molecule has 0 aromatic heterocycles. The van der Waals surface area contributed by atoms with Crippen LogP contribution in [0.2, 0.25) is 0 Å². The van der Waals surface area contributed by atoms with Crippen LogP contribution in [0.3, 0.4) is 0 Å². The van der Waals surface area contributed by atoms with Crippen LogP contribution in [0.15, 0.2) is 0 Å². The van der Waals surface area contributed by atoms with Gasteiger partial charge in [-0.25, -0.2) is 0 Å². The molecule has 0 unspecified atom stereocenters. The van der Waals surface area contributed by atoms with Crippen molar-refractivity contribution in [3.8, 4) is 12.3 Å². The Balaban J connectivity index is 2.50. The molecule has 1 amide bonds. The van der Waals surface area contributed by atoms with Crippen molar-refractivity contribution in [2.24, 2.45) is 0 Å². The van der Waals surface area contributed by atoms with Gasteiger partial charge in [-0.3, -0.25) is 10.1 Å². The molecule has 0 saturated carbocycles. The minimum Gasteiger partial charge on any atom is -0.342 e. The van der Waals surface area contributed by atoms with E-state index in [0.29, 0.717) is 13.1 Å². The Morgan fingerprint density at radius 3 is 3.10 bits per heavy atom. The molecule has 1 fully saturated rings. The Hall–Kier alpha value is -1.01. The topological polar surface area (TPSA) is 32.3 Å². The van der Waals surface area contributed by atoms with Gasteiger partial charge >= 0.3 is 0 Å². The second-order valence-electron chi connectivity index (χ2n) is 2.37. The summed E-state index contributed by atoms with van der Waals surface area (Å²) in [6.45, 7) is 0.987. The monoisotopic (exact) mass is 138 g/mol. The molecule has 3 nitrogen and oxygen atoms in total. The van der Waals surface area contributed by atoms with Gasteiger partial charge in [0.15, 0.2) is 0 Å². The molecule has 1 heterocycles. The van der Waals surface area contributed by atoms with Crippen molar-refractivity contribution in [1.29, 1.82) is 0 Å². The molecule has 0 spiro atoms. The quantitative estimate of drug-likeness (QED) is 0.438. The molecule has 1 saturated heterocycles. The van der Waals surface area contributed by atoms with Crippen LogP contribution in [0.1, 0.15) is 0 Å². The third kappa shape index (κ3) is 1.28. The number of piperazine rings is 1. The number of carbonyl (C=O) groups is 1. The van der Waals surface area contributed by atoms with Crippen LogP contribution in [-0.4, -0.2) is 37.0 Å². The van der Waals surface area contributed by atoms with E-state index in [4.69, 9.17) is 6.42 Å². The predicted octanol–water partition coefficient (Wildman–Crippen LogP) is -0.950. The number of nitrogens with one attached hydrogen (secondary N) is 1. The Morgan fingerprint density at radius 1 is 1.90 bits per heavy atom. The molecular formula is C7H10N2O. The van der Waals surface area contributed by atoms with Crippen LogP contribution >= 0.6 is 0 Å². The lowest BCUT2D eigenvalue weighted by atomic mass is 10.2. The van der Waals surface area contributed by atoms with Crippen molar-refractivity contribution in [2.45, 2.75) is 6.04 Å². The molecular weight excluding hydrogens is 128 g/mol. The summed E-state index contributed by atoms with van der Waals surface area (Å²) in [6, 6.07) is 0.0303. The third-order valence-electron chi connectivity index (χ3n) is 1.58. The minimum absolute atomic E-state index is 0.0303. The highest BCUT2D eigenvalue weighted by molar-refractivity contribution is 5.79. The molecule has 0 radical (unpaired) electrons. The van der Waals surface area contributed by atoms with Crippen LogP contribution in [-0.2, 0) is 4.79 Å². The summed E-state index contributed by atoms with van der Waals surface area (Å²) in [5, 5.41) is 2.92. The number of carbonyl (C=O) groups excluding carboxylic acids is 1. The standard InChI is InChI=1S/C7H10N2O/c1-3-6-5-9(2)7(10)4-8-6/h1,6,8H,4-5H2,2H3/t6-/m1/s1. The predicted molar refractivity (Wildman–Crippen MR) is 38.3 cm³/mol. The summed E-state index contributed by atoms with van der Waals surface area (Å²) in [6.07, 6.45) is 5.16. The van der Waals surface area contributed by atoms with Gasteiger partial charge in [0.05, 0.1) is 12.6 Å². The van der Waals surface area contributed by atoms with Gasteiger partial charge < -0.3 is 4.90 Å². The van der Waals surface area contributed by atoms with E-state index in [1.54, 1.807) is 11.9 Å². The maximum Gasteiger partial charge on any atom is 0.236 e. The maximum absolute atomic E-state index is 10.9. The first-order chi connectivity index (χ1) is 4.74. The number of hydrogen-bond donors (Lipinski definition) is 1. The van der Waals surface area contributed by atoms with Crippen molar-refractivity contribution >= 4 is 5.91 Å². The molecule has 0 aromatic carbocycles. The Kier molecular flexibility index (Phi) is 1.93. The summed E-state index contributed by atoms with van der Waals surface area (Å²) in [5.41, 5.74) is 0. The molecule has 0 bridgehead atoms. The van der Waals surface area contributed by atoms with Crippen LogP contribution in [0.25, 0.3) is 0 Å².